The van der Waals surface area contributed by atoms with Gasteiger partial charge in [0.05, 0.1) is 0 Å². The molecule has 5 nitrogen and oxygen atoms in total. The minimum absolute atomic E-state index is 0.00970. The number of nitrogens with two attached hydrogens (primary N) is 1. The summed E-state index contributed by atoms with van der Waals surface area (Å²) in [5, 5.41) is 9.25. The normalized spacial score (nSPS) is 26.2. The van der Waals surface area contributed by atoms with Crippen molar-refractivity contribution in [1.29, 1.82) is 0 Å². The van der Waals surface area contributed by atoms with E-state index >= 15 is 0 Å². The molecule has 0 radical (unpaired) electrons. The molecule has 1 heterocycles. The minimum atomic E-state index is -0.909. The van der Waals surface area contributed by atoms with E-state index in [1.165, 1.54) is 4.90 Å². The van der Waals surface area contributed by atoms with E-state index in [0.29, 0.717) is 6.54 Å². The third-order valence-corrected chi connectivity index (χ3v) is 3.77. The summed E-state index contributed by atoms with van der Waals surface area (Å²) in [6.07, 6.45) is 1.96. The van der Waals surface area contributed by atoms with E-state index in [2.05, 4.69) is 0 Å². The predicted octanol–water partition coefficient (Wildman–Crippen LogP) is 1.07. The maximum Gasteiger partial charge on any atom is 0.326 e. The number of rotatable bonds is 4. The van der Waals surface area contributed by atoms with Crippen LogP contribution in [0.15, 0.2) is 0 Å². The summed E-state index contributed by atoms with van der Waals surface area (Å²) in [6.45, 7) is 6.35. The van der Waals surface area contributed by atoms with Crippen molar-refractivity contribution in [2.24, 2.45) is 17.6 Å². The van der Waals surface area contributed by atoms with Crippen molar-refractivity contribution in [2.75, 3.05) is 6.54 Å². The van der Waals surface area contributed by atoms with Crippen molar-refractivity contribution < 1.29 is 14.7 Å². The molecular formula is C13H24N2O3. The van der Waals surface area contributed by atoms with E-state index in [1.54, 1.807) is 0 Å². The number of nitrogens with zero attached hydrogens (tertiary/aromatic N) is 1. The molecule has 0 aliphatic carbocycles. The van der Waals surface area contributed by atoms with Crippen molar-refractivity contribution in [3.8, 4) is 0 Å². The van der Waals surface area contributed by atoms with Crippen LogP contribution in [-0.2, 0) is 9.59 Å². The number of carbonyl (C=O) groups is 2. The van der Waals surface area contributed by atoms with Crippen molar-refractivity contribution in [3.05, 3.63) is 0 Å². The summed E-state index contributed by atoms with van der Waals surface area (Å²) in [4.78, 5) is 24.9. The van der Waals surface area contributed by atoms with Crippen LogP contribution in [0.5, 0.6) is 0 Å². The SMILES string of the molecule is CC(C)C(N)CC(=O)N1CCCC(C)C1C(=O)O. The van der Waals surface area contributed by atoms with Crippen molar-refractivity contribution in [1.82, 2.24) is 4.90 Å². The molecule has 1 aliphatic heterocycles. The number of amides is 1. The standard InChI is InChI=1S/C13H24N2O3/c1-8(2)10(14)7-11(16)15-6-4-5-9(3)12(15)13(17)18/h8-10,12H,4-7,14H2,1-3H3,(H,17,18). The fraction of sp³-hybridized carbons (Fsp3) is 0.846. The smallest absolute Gasteiger partial charge is 0.326 e. The largest absolute Gasteiger partial charge is 0.480 e. The zero-order valence-corrected chi connectivity index (χ0v) is 11.4. The molecule has 0 spiro atoms. The summed E-state index contributed by atoms with van der Waals surface area (Å²) >= 11 is 0. The van der Waals surface area contributed by atoms with E-state index < -0.39 is 12.0 Å². The molecule has 104 valence electrons. The van der Waals surface area contributed by atoms with Crippen LogP contribution < -0.4 is 5.73 Å². The van der Waals surface area contributed by atoms with Crippen molar-refractivity contribution in [2.45, 2.75) is 52.1 Å². The second-order valence-corrected chi connectivity index (χ2v) is 5.60. The first kappa shape index (κ1) is 15.0. The Kier molecular flexibility index (Phi) is 5.14. The second kappa shape index (κ2) is 6.18. The van der Waals surface area contributed by atoms with Gasteiger partial charge in [-0.3, -0.25) is 4.79 Å². The van der Waals surface area contributed by atoms with E-state index in [0.717, 1.165) is 12.8 Å². The zero-order valence-electron chi connectivity index (χ0n) is 11.4. The molecule has 0 bridgehead atoms. The summed E-state index contributed by atoms with van der Waals surface area (Å²) in [5.74, 6) is -0.807. The molecule has 0 aromatic rings. The Balaban J connectivity index is 2.72. The highest BCUT2D eigenvalue weighted by molar-refractivity contribution is 5.84. The molecule has 0 saturated carbocycles. The van der Waals surface area contributed by atoms with Crippen LogP contribution in [-0.4, -0.2) is 40.5 Å². The highest BCUT2D eigenvalue weighted by Crippen LogP contribution is 2.24. The van der Waals surface area contributed by atoms with Crippen LogP contribution >= 0.6 is 0 Å². The fourth-order valence-corrected chi connectivity index (χ4v) is 2.40. The Bertz CT molecular complexity index is 317. The topological polar surface area (TPSA) is 83.6 Å². The Morgan fingerprint density at radius 2 is 2.06 bits per heavy atom. The van der Waals surface area contributed by atoms with Gasteiger partial charge < -0.3 is 15.7 Å². The van der Waals surface area contributed by atoms with Gasteiger partial charge in [0.1, 0.15) is 6.04 Å². The van der Waals surface area contributed by atoms with Gasteiger partial charge in [-0.05, 0) is 24.7 Å². The first-order valence-electron chi connectivity index (χ1n) is 6.62. The molecular weight excluding hydrogens is 232 g/mol. The number of hydrogen-bond donors (Lipinski definition) is 2. The lowest BCUT2D eigenvalue weighted by Gasteiger charge is -2.38. The van der Waals surface area contributed by atoms with Crippen LogP contribution in [0.25, 0.3) is 0 Å². The van der Waals surface area contributed by atoms with Gasteiger partial charge in [-0.2, -0.15) is 0 Å². The molecule has 1 amide bonds. The van der Waals surface area contributed by atoms with Gasteiger partial charge in [0, 0.05) is 19.0 Å². The number of carboxylic acids is 1. The lowest BCUT2D eigenvalue weighted by molar-refractivity contribution is -0.154. The van der Waals surface area contributed by atoms with Crippen LogP contribution in [0.3, 0.4) is 0 Å². The molecule has 5 heteroatoms. The average Bonchev–Trinajstić information content (AvgIpc) is 2.27. The Morgan fingerprint density at radius 3 is 2.56 bits per heavy atom. The summed E-state index contributed by atoms with van der Waals surface area (Å²) in [6, 6.07) is -0.894. The maximum absolute atomic E-state index is 12.2. The van der Waals surface area contributed by atoms with Gasteiger partial charge in [0.25, 0.3) is 0 Å². The Hall–Kier alpha value is -1.10. The molecule has 0 aromatic carbocycles. The first-order chi connectivity index (χ1) is 8.34. The highest BCUT2D eigenvalue weighted by atomic mass is 16.4. The van der Waals surface area contributed by atoms with Crippen molar-refractivity contribution in [3.63, 3.8) is 0 Å². The zero-order chi connectivity index (χ0) is 13.9. The molecule has 3 atom stereocenters. The van der Waals surface area contributed by atoms with E-state index in [9.17, 15) is 14.7 Å². The monoisotopic (exact) mass is 256 g/mol. The van der Waals surface area contributed by atoms with Gasteiger partial charge in [-0.15, -0.1) is 0 Å². The number of aliphatic carboxylic acids is 1. The second-order valence-electron chi connectivity index (χ2n) is 5.60. The number of carboxylic acid groups (broad SMARTS) is 1. The third-order valence-electron chi connectivity index (χ3n) is 3.77. The summed E-state index contributed by atoms with van der Waals surface area (Å²) in [7, 11) is 0. The van der Waals surface area contributed by atoms with Crippen LogP contribution in [0, 0.1) is 11.8 Å². The van der Waals surface area contributed by atoms with E-state index in [4.69, 9.17) is 5.73 Å². The van der Waals surface area contributed by atoms with Gasteiger partial charge in [-0.1, -0.05) is 20.8 Å². The Morgan fingerprint density at radius 1 is 1.44 bits per heavy atom. The molecule has 0 aromatic heterocycles. The minimum Gasteiger partial charge on any atom is -0.480 e. The molecule has 3 unspecified atom stereocenters. The molecule has 1 fully saturated rings. The molecule has 1 saturated heterocycles. The van der Waals surface area contributed by atoms with E-state index in [1.807, 2.05) is 20.8 Å². The molecule has 1 aliphatic rings. The predicted molar refractivity (Wildman–Crippen MR) is 69.0 cm³/mol. The number of likely N-dealkylation sites (tertiary alicyclic amines) is 1. The van der Waals surface area contributed by atoms with Gasteiger partial charge in [-0.25, -0.2) is 4.79 Å². The lowest BCUT2D eigenvalue weighted by atomic mass is 9.90. The lowest BCUT2D eigenvalue weighted by Crippen LogP contribution is -2.53. The van der Waals surface area contributed by atoms with Crippen LogP contribution in [0.2, 0.25) is 0 Å². The molecule has 18 heavy (non-hydrogen) atoms. The maximum atomic E-state index is 12.2. The van der Waals surface area contributed by atoms with E-state index in [-0.39, 0.29) is 30.2 Å². The summed E-state index contributed by atoms with van der Waals surface area (Å²) < 4.78 is 0. The van der Waals surface area contributed by atoms with Crippen LogP contribution in [0.4, 0.5) is 0 Å². The molecule has 3 N–H and O–H groups in total. The van der Waals surface area contributed by atoms with Gasteiger partial charge >= 0.3 is 5.97 Å². The quantitative estimate of drug-likeness (QED) is 0.788. The first-order valence-corrected chi connectivity index (χ1v) is 6.62. The third kappa shape index (κ3) is 3.45. The summed E-state index contributed by atoms with van der Waals surface area (Å²) in [5.41, 5.74) is 5.89. The number of piperidine rings is 1. The van der Waals surface area contributed by atoms with Gasteiger partial charge in [0.15, 0.2) is 0 Å². The number of carbonyl (C=O) groups excluding carboxylic acids is 1. The molecule has 1 rings (SSSR count). The highest BCUT2D eigenvalue weighted by Gasteiger charge is 2.37. The van der Waals surface area contributed by atoms with Gasteiger partial charge in [0.2, 0.25) is 5.91 Å². The average molecular weight is 256 g/mol. The van der Waals surface area contributed by atoms with Crippen molar-refractivity contribution >= 4 is 11.9 Å². The fourth-order valence-electron chi connectivity index (χ4n) is 2.40. The Labute approximate surface area is 108 Å². The van der Waals surface area contributed by atoms with Crippen LogP contribution in [0.1, 0.15) is 40.0 Å². The number of hydrogen-bond acceptors (Lipinski definition) is 3.